The van der Waals surface area contributed by atoms with E-state index < -0.39 is 6.04 Å². The number of hydrogen-bond acceptors (Lipinski definition) is 5. The number of carbonyl (C=O) groups excluding carboxylic acids is 2. The summed E-state index contributed by atoms with van der Waals surface area (Å²) in [5.74, 6) is 0.382. The number of amides is 2. The van der Waals surface area contributed by atoms with Gasteiger partial charge in [0.05, 0.1) is 5.56 Å². The van der Waals surface area contributed by atoms with Crippen molar-refractivity contribution in [3.8, 4) is 11.5 Å². The molecule has 1 atom stereocenters. The molecule has 2 heterocycles. The number of carbonyl (C=O) groups is 2. The van der Waals surface area contributed by atoms with Crippen LogP contribution < -0.4 is 25.0 Å². The summed E-state index contributed by atoms with van der Waals surface area (Å²) in [6.45, 7) is 4.15. The van der Waals surface area contributed by atoms with Crippen LogP contribution in [0.5, 0.6) is 11.5 Å². The van der Waals surface area contributed by atoms with Crippen LogP contribution in [0.3, 0.4) is 0 Å². The van der Waals surface area contributed by atoms with E-state index in [4.69, 9.17) is 9.47 Å². The minimum absolute atomic E-state index is 0.0891. The number of hydrogen-bond donors (Lipinski definition) is 2. The van der Waals surface area contributed by atoms with Crippen molar-refractivity contribution in [1.29, 1.82) is 0 Å². The Labute approximate surface area is 176 Å². The average Bonchev–Trinajstić information content (AvgIpc) is 3.45. The predicted molar refractivity (Wildman–Crippen MR) is 115 cm³/mol. The summed E-state index contributed by atoms with van der Waals surface area (Å²) >= 11 is 0. The summed E-state index contributed by atoms with van der Waals surface area (Å²) in [7, 11) is 0. The molecule has 2 aliphatic rings. The van der Waals surface area contributed by atoms with Crippen LogP contribution in [0, 0.1) is 0 Å². The summed E-state index contributed by atoms with van der Waals surface area (Å²) in [4.78, 5) is 28.1. The second-order valence-corrected chi connectivity index (χ2v) is 7.59. The Morgan fingerprint density at radius 3 is 2.70 bits per heavy atom. The SMILES string of the molecule is CCCC(NC(=O)c1cccc2c1OCO2)C(=O)Nc1cccc(N2CCCC2)c1. The molecule has 4 rings (SSSR count). The average molecular weight is 409 g/mol. The molecule has 158 valence electrons. The number of para-hydroxylation sites is 1. The maximum Gasteiger partial charge on any atom is 0.255 e. The Balaban J connectivity index is 1.45. The molecule has 0 spiro atoms. The Hall–Kier alpha value is -3.22. The Kier molecular flexibility index (Phi) is 6.07. The minimum atomic E-state index is -0.642. The Morgan fingerprint density at radius 2 is 1.90 bits per heavy atom. The normalized spacial score (nSPS) is 15.7. The topological polar surface area (TPSA) is 79.9 Å². The van der Waals surface area contributed by atoms with Gasteiger partial charge in [0.25, 0.3) is 5.91 Å². The molecule has 0 aromatic heterocycles. The molecule has 2 amide bonds. The van der Waals surface area contributed by atoms with E-state index in [1.807, 2.05) is 25.1 Å². The highest BCUT2D eigenvalue weighted by Crippen LogP contribution is 2.35. The first kappa shape index (κ1) is 20.1. The Bertz CT molecular complexity index is 924. The highest BCUT2D eigenvalue weighted by molar-refractivity contribution is 6.03. The van der Waals surface area contributed by atoms with E-state index in [0.717, 1.165) is 30.9 Å². The van der Waals surface area contributed by atoms with Gasteiger partial charge in [0, 0.05) is 24.5 Å². The van der Waals surface area contributed by atoms with E-state index in [-0.39, 0.29) is 18.6 Å². The number of benzene rings is 2. The maximum atomic E-state index is 12.9. The van der Waals surface area contributed by atoms with Gasteiger partial charge in [-0.3, -0.25) is 9.59 Å². The van der Waals surface area contributed by atoms with Crippen LogP contribution in [0.4, 0.5) is 11.4 Å². The van der Waals surface area contributed by atoms with Gasteiger partial charge in [-0.2, -0.15) is 0 Å². The minimum Gasteiger partial charge on any atom is -0.454 e. The first-order chi connectivity index (χ1) is 14.7. The summed E-state index contributed by atoms with van der Waals surface area (Å²) in [6.07, 6.45) is 3.69. The molecule has 2 N–H and O–H groups in total. The lowest BCUT2D eigenvalue weighted by molar-refractivity contribution is -0.118. The molecule has 0 aliphatic carbocycles. The lowest BCUT2D eigenvalue weighted by Gasteiger charge is -2.20. The fraction of sp³-hybridized carbons (Fsp3) is 0.391. The highest BCUT2D eigenvalue weighted by atomic mass is 16.7. The molecular weight excluding hydrogens is 382 g/mol. The fourth-order valence-electron chi connectivity index (χ4n) is 3.89. The molecule has 30 heavy (non-hydrogen) atoms. The van der Waals surface area contributed by atoms with Crippen molar-refractivity contribution in [2.45, 2.75) is 38.6 Å². The van der Waals surface area contributed by atoms with Gasteiger partial charge in [-0.1, -0.05) is 25.5 Å². The van der Waals surface area contributed by atoms with Crippen molar-refractivity contribution in [2.75, 3.05) is 30.1 Å². The van der Waals surface area contributed by atoms with E-state index >= 15 is 0 Å². The van der Waals surface area contributed by atoms with E-state index in [1.165, 1.54) is 12.8 Å². The largest absolute Gasteiger partial charge is 0.454 e. The van der Waals surface area contributed by atoms with Crippen LogP contribution in [-0.2, 0) is 4.79 Å². The van der Waals surface area contributed by atoms with Crippen molar-refractivity contribution in [3.05, 3.63) is 48.0 Å². The summed E-state index contributed by atoms with van der Waals surface area (Å²) in [5.41, 5.74) is 2.21. The highest BCUT2D eigenvalue weighted by Gasteiger charge is 2.26. The van der Waals surface area contributed by atoms with Crippen molar-refractivity contribution in [3.63, 3.8) is 0 Å². The molecule has 2 aromatic rings. The number of fused-ring (bicyclic) bond motifs is 1. The van der Waals surface area contributed by atoms with Crippen molar-refractivity contribution in [1.82, 2.24) is 5.32 Å². The van der Waals surface area contributed by atoms with Crippen LogP contribution >= 0.6 is 0 Å². The molecule has 1 fully saturated rings. The number of ether oxygens (including phenoxy) is 2. The molecular formula is C23H27N3O4. The van der Waals surface area contributed by atoms with Crippen molar-refractivity contribution >= 4 is 23.2 Å². The van der Waals surface area contributed by atoms with Gasteiger partial charge in [0.15, 0.2) is 11.5 Å². The van der Waals surface area contributed by atoms with Gasteiger partial charge >= 0.3 is 0 Å². The molecule has 7 nitrogen and oxygen atoms in total. The predicted octanol–water partition coefficient (Wildman–Crippen LogP) is 3.55. The number of anilines is 2. The third-order valence-electron chi connectivity index (χ3n) is 5.43. The molecule has 0 radical (unpaired) electrons. The third-order valence-corrected chi connectivity index (χ3v) is 5.43. The lowest BCUT2D eigenvalue weighted by atomic mass is 10.1. The zero-order valence-electron chi connectivity index (χ0n) is 17.1. The smallest absolute Gasteiger partial charge is 0.255 e. The monoisotopic (exact) mass is 409 g/mol. The second kappa shape index (κ2) is 9.07. The number of nitrogens with one attached hydrogen (secondary N) is 2. The van der Waals surface area contributed by atoms with Gasteiger partial charge < -0.3 is 25.0 Å². The molecule has 0 saturated carbocycles. The number of nitrogens with zero attached hydrogens (tertiary/aromatic N) is 1. The fourth-order valence-corrected chi connectivity index (χ4v) is 3.89. The van der Waals surface area contributed by atoms with Crippen molar-refractivity contribution < 1.29 is 19.1 Å². The third kappa shape index (κ3) is 4.35. The second-order valence-electron chi connectivity index (χ2n) is 7.59. The maximum absolute atomic E-state index is 12.9. The van der Waals surface area contributed by atoms with E-state index in [9.17, 15) is 9.59 Å². The summed E-state index contributed by atoms with van der Waals surface area (Å²) in [6, 6.07) is 12.4. The summed E-state index contributed by atoms with van der Waals surface area (Å²) in [5, 5.41) is 5.82. The first-order valence-corrected chi connectivity index (χ1v) is 10.5. The molecule has 1 saturated heterocycles. The molecule has 0 bridgehead atoms. The molecule has 7 heteroatoms. The van der Waals surface area contributed by atoms with E-state index in [0.29, 0.717) is 23.5 Å². The van der Waals surface area contributed by atoms with E-state index in [1.54, 1.807) is 18.2 Å². The van der Waals surface area contributed by atoms with Crippen LogP contribution in [-0.4, -0.2) is 37.7 Å². The molecule has 1 unspecified atom stereocenters. The van der Waals surface area contributed by atoms with Crippen LogP contribution in [0.25, 0.3) is 0 Å². The zero-order chi connectivity index (χ0) is 20.9. The van der Waals surface area contributed by atoms with E-state index in [2.05, 4.69) is 21.6 Å². The molecule has 2 aliphatic heterocycles. The standard InChI is InChI=1S/C23H27N3O4/c1-2-7-19(25-22(27)18-10-6-11-20-21(18)30-15-29-20)23(28)24-16-8-5-9-17(14-16)26-12-3-4-13-26/h5-6,8-11,14,19H,2-4,7,12-13,15H2,1H3,(H,24,28)(H,25,27). The zero-order valence-corrected chi connectivity index (χ0v) is 17.1. The van der Waals surface area contributed by atoms with Gasteiger partial charge in [0.1, 0.15) is 6.04 Å². The quantitative estimate of drug-likeness (QED) is 0.731. The van der Waals surface area contributed by atoms with Gasteiger partial charge in [0.2, 0.25) is 12.7 Å². The van der Waals surface area contributed by atoms with Crippen molar-refractivity contribution in [2.24, 2.45) is 0 Å². The first-order valence-electron chi connectivity index (χ1n) is 10.5. The summed E-state index contributed by atoms with van der Waals surface area (Å²) < 4.78 is 10.8. The lowest BCUT2D eigenvalue weighted by Crippen LogP contribution is -2.43. The van der Waals surface area contributed by atoms with Gasteiger partial charge in [-0.15, -0.1) is 0 Å². The van der Waals surface area contributed by atoms with Gasteiger partial charge in [-0.25, -0.2) is 0 Å². The number of rotatable bonds is 7. The van der Waals surface area contributed by atoms with Gasteiger partial charge in [-0.05, 0) is 49.6 Å². The Morgan fingerprint density at radius 1 is 1.10 bits per heavy atom. The van der Waals surface area contributed by atoms with Crippen LogP contribution in [0.15, 0.2) is 42.5 Å². The molecule has 2 aromatic carbocycles. The van der Waals surface area contributed by atoms with Crippen LogP contribution in [0.2, 0.25) is 0 Å². The van der Waals surface area contributed by atoms with Crippen LogP contribution in [0.1, 0.15) is 43.0 Å².